The molecule has 3 aromatic rings. The molecule has 0 atom stereocenters. The van der Waals surface area contributed by atoms with Gasteiger partial charge in [-0.25, -0.2) is 0 Å². The molecule has 1 aromatic heterocycles. The fraction of sp³-hybridized carbons (Fsp3) is 0.118. The molecule has 0 amide bonds. The van der Waals surface area contributed by atoms with E-state index in [1.54, 1.807) is 0 Å². The predicted octanol–water partition coefficient (Wildman–Crippen LogP) is 4.46. The molecule has 1 nitrogen and oxygen atoms in total. The van der Waals surface area contributed by atoms with Crippen LogP contribution in [-0.2, 0) is 6.42 Å². The van der Waals surface area contributed by atoms with Crippen LogP contribution in [0.15, 0.2) is 60.8 Å². The minimum atomic E-state index is 1.05. The lowest BCUT2D eigenvalue weighted by Crippen LogP contribution is -1.83. The maximum Gasteiger partial charge on any atom is 0.0702 e. The first kappa shape index (κ1) is 11.0. The topological polar surface area (TPSA) is 12.9 Å². The summed E-state index contributed by atoms with van der Waals surface area (Å²) < 4.78 is 0. The molecule has 0 aliphatic heterocycles. The Bertz CT molecular complexity index is 669. The normalized spacial score (nSPS) is 10.7. The number of hydrogen-bond acceptors (Lipinski definition) is 1. The molecule has 1 heterocycles. The fourth-order valence-electron chi connectivity index (χ4n) is 2.19. The Morgan fingerprint density at radius 1 is 0.889 bits per heavy atom. The smallest absolute Gasteiger partial charge is 0.0702 e. The van der Waals surface area contributed by atoms with Crippen LogP contribution in [0, 0.1) is 0 Å². The Balaban J connectivity index is 2.07. The van der Waals surface area contributed by atoms with E-state index in [0.717, 1.165) is 11.9 Å². The second-order valence-electron chi connectivity index (χ2n) is 4.46. The van der Waals surface area contributed by atoms with Crippen molar-refractivity contribution in [1.82, 2.24) is 4.98 Å². The largest absolute Gasteiger partial charge is 0.256 e. The molecule has 2 aromatic carbocycles. The molecule has 0 N–H and O–H groups in total. The molecule has 0 spiro atoms. The Kier molecular flexibility index (Phi) is 2.81. The van der Waals surface area contributed by atoms with Crippen LogP contribution >= 0.6 is 0 Å². The molecule has 0 saturated carbocycles. The van der Waals surface area contributed by atoms with E-state index >= 15 is 0 Å². The highest BCUT2D eigenvalue weighted by atomic mass is 14.6. The SMILES string of the molecule is CCc1ccc(-c2ccc3ncccc3c2)cc1. The first-order valence-electron chi connectivity index (χ1n) is 6.31. The summed E-state index contributed by atoms with van der Waals surface area (Å²) in [6, 6.07) is 19.3. The average Bonchev–Trinajstić information content (AvgIpc) is 2.47. The summed E-state index contributed by atoms with van der Waals surface area (Å²) in [5, 5.41) is 1.19. The molecular weight excluding hydrogens is 218 g/mol. The van der Waals surface area contributed by atoms with Crippen molar-refractivity contribution in [2.24, 2.45) is 0 Å². The van der Waals surface area contributed by atoms with Crippen LogP contribution in [0.4, 0.5) is 0 Å². The van der Waals surface area contributed by atoms with Crippen molar-refractivity contribution in [2.45, 2.75) is 13.3 Å². The average molecular weight is 233 g/mol. The van der Waals surface area contributed by atoms with Crippen molar-refractivity contribution in [3.8, 4) is 11.1 Å². The van der Waals surface area contributed by atoms with Crippen molar-refractivity contribution in [2.75, 3.05) is 0 Å². The van der Waals surface area contributed by atoms with Crippen LogP contribution in [0.2, 0.25) is 0 Å². The quantitative estimate of drug-likeness (QED) is 0.636. The molecule has 3 rings (SSSR count). The minimum Gasteiger partial charge on any atom is -0.256 e. The lowest BCUT2D eigenvalue weighted by molar-refractivity contribution is 1.14. The fourth-order valence-corrected chi connectivity index (χ4v) is 2.19. The number of rotatable bonds is 2. The van der Waals surface area contributed by atoms with Gasteiger partial charge in [-0.3, -0.25) is 4.98 Å². The Hall–Kier alpha value is -2.15. The summed E-state index contributed by atoms with van der Waals surface area (Å²) in [5.74, 6) is 0. The molecule has 88 valence electrons. The van der Waals surface area contributed by atoms with E-state index in [4.69, 9.17) is 0 Å². The van der Waals surface area contributed by atoms with Gasteiger partial charge in [0.1, 0.15) is 0 Å². The predicted molar refractivity (Wildman–Crippen MR) is 76.6 cm³/mol. The summed E-state index contributed by atoms with van der Waals surface area (Å²) in [6.45, 7) is 2.18. The molecule has 0 aliphatic carbocycles. The number of nitrogens with zero attached hydrogens (tertiary/aromatic N) is 1. The highest BCUT2D eigenvalue weighted by molar-refractivity contribution is 5.84. The zero-order valence-electron chi connectivity index (χ0n) is 10.4. The number of benzene rings is 2. The summed E-state index contributed by atoms with van der Waals surface area (Å²) in [5.41, 5.74) is 4.93. The van der Waals surface area contributed by atoms with E-state index in [9.17, 15) is 0 Å². The Morgan fingerprint density at radius 3 is 2.44 bits per heavy atom. The van der Waals surface area contributed by atoms with Crippen LogP contribution in [0.25, 0.3) is 22.0 Å². The third-order valence-electron chi connectivity index (χ3n) is 3.30. The van der Waals surface area contributed by atoms with Crippen LogP contribution < -0.4 is 0 Å². The van der Waals surface area contributed by atoms with Gasteiger partial charge in [0.25, 0.3) is 0 Å². The molecular formula is C17H15N. The monoisotopic (exact) mass is 233 g/mol. The summed E-state index contributed by atoms with van der Waals surface area (Å²) in [6.07, 6.45) is 2.92. The first-order chi connectivity index (χ1) is 8.86. The molecule has 18 heavy (non-hydrogen) atoms. The minimum absolute atomic E-state index is 1.05. The van der Waals surface area contributed by atoms with Crippen molar-refractivity contribution in [3.05, 3.63) is 66.4 Å². The zero-order valence-corrected chi connectivity index (χ0v) is 10.4. The maximum absolute atomic E-state index is 4.34. The van der Waals surface area contributed by atoms with Crippen LogP contribution in [0.1, 0.15) is 12.5 Å². The van der Waals surface area contributed by atoms with Crippen molar-refractivity contribution >= 4 is 10.9 Å². The Morgan fingerprint density at radius 2 is 1.67 bits per heavy atom. The summed E-state index contributed by atoms with van der Waals surface area (Å²) in [7, 11) is 0. The van der Waals surface area contributed by atoms with Gasteiger partial charge in [-0.2, -0.15) is 0 Å². The third kappa shape index (κ3) is 2.00. The van der Waals surface area contributed by atoms with Crippen LogP contribution in [0.3, 0.4) is 0 Å². The van der Waals surface area contributed by atoms with E-state index < -0.39 is 0 Å². The third-order valence-corrected chi connectivity index (χ3v) is 3.30. The number of pyridine rings is 1. The van der Waals surface area contributed by atoms with Gasteiger partial charge in [-0.1, -0.05) is 43.3 Å². The highest BCUT2D eigenvalue weighted by Gasteiger charge is 2.00. The number of aryl methyl sites for hydroxylation is 1. The standard InChI is InChI=1S/C17H15N/c1-2-13-5-7-14(8-6-13)15-9-10-17-16(12-15)4-3-11-18-17/h3-12H,2H2,1H3. The van der Waals surface area contributed by atoms with Gasteiger partial charge in [-0.15, -0.1) is 0 Å². The molecule has 0 saturated heterocycles. The van der Waals surface area contributed by atoms with Gasteiger partial charge in [-0.05, 0) is 41.3 Å². The van der Waals surface area contributed by atoms with Gasteiger partial charge < -0.3 is 0 Å². The lowest BCUT2D eigenvalue weighted by Gasteiger charge is -2.04. The second kappa shape index (κ2) is 4.61. The van der Waals surface area contributed by atoms with E-state index in [2.05, 4.69) is 60.4 Å². The van der Waals surface area contributed by atoms with Gasteiger partial charge in [0.2, 0.25) is 0 Å². The Labute approximate surface area is 107 Å². The van der Waals surface area contributed by atoms with Gasteiger partial charge in [0.15, 0.2) is 0 Å². The lowest BCUT2D eigenvalue weighted by atomic mass is 10.0. The number of hydrogen-bond donors (Lipinski definition) is 0. The summed E-state index contributed by atoms with van der Waals surface area (Å²) in [4.78, 5) is 4.34. The second-order valence-corrected chi connectivity index (χ2v) is 4.46. The van der Waals surface area contributed by atoms with E-state index in [1.165, 1.54) is 22.1 Å². The molecule has 0 bridgehead atoms. The molecule has 0 unspecified atom stereocenters. The maximum atomic E-state index is 4.34. The van der Waals surface area contributed by atoms with E-state index in [1.807, 2.05) is 12.3 Å². The van der Waals surface area contributed by atoms with Gasteiger partial charge in [0, 0.05) is 11.6 Å². The zero-order chi connectivity index (χ0) is 12.4. The van der Waals surface area contributed by atoms with Crippen molar-refractivity contribution in [3.63, 3.8) is 0 Å². The number of aromatic nitrogens is 1. The molecule has 0 radical (unpaired) electrons. The van der Waals surface area contributed by atoms with Crippen molar-refractivity contribution in [1.29, 1.82) is 0 Å². The van der Waals surface area contributed by atoms with Crippen LogP contribution in [-0.4, -0.2) is 4.98 Å². The van der Waals surface area contributed by atoms with Crippen LogP contribution in [0.5, 0.6) is 0 Å². The van der Waals surface area contributed by atoms with E-state index in [0.29, 0.717) is 0 Å². The number of fused-ring (bicyclic) bond motifs is 1. The highest BCUT2D eigenvalue weighted by Crippen LogP contribution is 2.23. The molecule has 0 aliphatic rings. The van der Waals surface area contributed by atoms with Gasteiger partial charge in [0.05, 0.1) is 5.52 Å². The van der Waals surface area contributed by atoms with Gasteiger partial charge >= 0.3 is 0 Å². The molecule has 0 fully saturated rings. The molecule has 1 heteroatoms. The summed E-state index contributed by atoms with van der Waals surface area (Å²) >= 11 is 0. The van der Waals surface area contributed by atoms with E-state index in [-0.39, 0.29) is 0 Å². The first-order valence-corrected chi connectivity index (χ1v) is 6.31. The van der Waals surface area contributed by atoms with Crippen molar-refractivity contribution < 1.29 is 0 Å².